The van der Waals surface area contributed by atoms with Crippen LogP contribution in [0.25, 0.3) is 11.0 Å². The SMILES string of the molecule is CC(C)N1CCN(C(=O)c2ccc3n[nH]nc3c2)CC1. The third-order valence-corrected chi connectivity index (χ3v) is 3.90. The number of hydrogen-bond acceptors (Lipinski definition) is 4. The Labute approximate surface area is 117 Å². The largest absolute Gasteiger partial charge is 0.336 e. The maximum Gasteiger partial charge on any atom is 0.254 e. The molecule has 0 saturated carbocycles. The Morgan fingerprint density at radius 1 is 1.15 bits per heavy atom. The molecule has 1 aromatic heterocycles. The molecule has 0 atom stereocenters. The summed E-state index contributed by atoms with van der Waals surface area (Å²) < 4.78 is 0. The molecule has 1 aromatic carbocycles. The van der Waals surface area contributed by atoms with Gasteiger partial charge in [0, 0.05) is 37.8 Å². The van der Waals surface area contributed by atoms with Gasteiger partial charge in [-0.1, -0.05) is 0 Å². The van der Waals surface area contributed by atoms with E-state index in [-0.39, 0.29) is 5.91 Å². The van der Waals surface area contributed by atoms with Gasteiger partial charge in [0.05, 0.1) is 0 Å². The highest BCUT2D eigenvalue weighted by atomic mass is 16.2. The molecule has 1 saturated heterocycles. The lowest BCUT2D eigenvalue weighted by molar-refractivity contribution is 0.0595. The van der Waals surface area contributed by atoms with Crippen LogP contribution >= 0.6 is 0 Å². The molecule has 0 radical (unpaired) electrons. The maximum absolute atomic E-state index is 12.5. The van der Waals surface area contributed by atoms with Crippen molar-refractivity contribution >= 4 is 16.9 Å². The number of amides is 1. The molecule has 0 aliphatic carbocycles. The van der Waals surface area contributed by atoms with E-state index < -0.39 is 0 Å². The smallest absolute Gasteiger partial charge is 0.254 e. The fourth-order valence-electron chi connectivity index (χ4n) is 2.60. The second kappa shape index (κ2) is 5.20. The molecule has 0 spiro atoms. The van der Waals surface area contributed by atoms with Crippen LogP contribution in [0.15, 0.2) is 18.2 Å². The van der Waals surface area contributed by atoms with E-state index in [0.717, 1.165) is 37.2 Å². The second-order valence-corrected chi connectivity index (χ2v) is 5.45. The molecule has 6 nitrogen and oxygen atoms in total. The standard InChI is InChI=1S/C14H19N5O/c1-10(2)18-5-7-19(8-6-18)14(20)11-3-4-12-13(9-11)16-17-15-12/h3-4,9-10H,5-8H2,1-2H3,(H,15,16,17). The van der Waals surface area contributed by atoms with Crippen LogP contribution in [0, 0.1) is 0 Å². The van der Waals surface area contributed by atoms with E-state index in [1.807, 2.05) is 17.0 Å². The van der Waals surface area contributed by atoms with Crippen LogP contribution in [-0.4, -0.2) is 63.3 Å². The number of fused-ring (bicyclic) bond motifs is 1. The number of hydrogen-bond donors (Lipinski definition) is 1. The van der Waals surface area contributed by atoms with Gasteiger partial charge >= 0.3 is 0 Å². The van der Waals surface area contributed by atoms with Crippen LogP contribution in [0.1, 0.15) is 24.2 Å². The first kappa shape index (κ1) is 13.1. The molecule has 106 valence electrons. The zero-order valence-electron chi connectivity index (χ0n) is 11.8. The lowest BCUT2D eigenvalue weighted by Crippen LogP contribution is -2.50. The third kappa shape index (κ3) is 2.38. The number of nitrogens with zero attached hydrogens (tertiary/aromatic N) is 4. The molecule has 1 N–H and O–H groups in total. The Hall–Kier alpha value is -1.95. The summed E-state index contributed by atoms with van der Waals surface area (Å²) in [5.74, 6) is 0.0818. The summed E-state index contributed by atoms with van der Waals surface area (Å²) in [6, 6.07) is 5.99. The quantitative estimate of drug-likeness (QED) is 0.890. The van der Waals surface area contributed by atoms with Gasteiger partial charge in [-0.2, -0.15) is 15.4 Å². The average Bonchev–Trinajstić information content (AvgIpc) is 2.94. The Morgan fingerprint density at radius 3 is 2.55 bits per heavy atom. The van der Waals surface area contributed by atoms with Crippen LogP contribution < -0.4 is 0 Å². The van der Waals surface area contributed by atoms with Gasteiger partial charge in [0.1, 0.15) is 11.0 Å². The predicted octanol–water partition coefficient (Wildman–Crippen LogP) is 1.12. The number of benzene rings is 1. The fourth-order valence-corrected chi connectivity index (χ4v) is 2.60. The minimum Gasteiger partial charge on any atom is -0.336 e. The van der Waals surface area contributed by atoms with Gasteiger partial charge in [0.25, 0.3) is 5.91 Å². The lowest BCUT2D eigenvalue weighted by Gasteiger charge is -2.36. The summed E-state index contributed by atoms with van der Waals surface area (Å²) >= 11 is 0. The van der Waals surface area contributed by atoms with Gasteiger partial charge in [-0.15, -0.1) is 0 Å². The van der Waals surface area contributed by atoms with Crippen LogP contribution in [0.4, 0.5) is 0 Å². The molecule has 1 aliphatic heterocycles. The predicted molar refractivity (Wildman–Crippen MR) is 76.5 cm³/mol. The van der Waals surface area contributed by atoms with Gasteiger partial charge in [-0.05, 0) is 32.0 Å². The van der Waals surface area contributed by atoms with Gasteiger partial charge in [-0.3, -0.25) is 9.69 Å². The molecule has 20 heavy (non-hydrogen) atoms. The zero-order valence-corrected chi connectivity index (χ0v) is 11.8. The summed E-state index contributed by atoms with van der Waals surface area (Å²) in [4.78, 5) is 16.8. The Morgan fingerprint density at radius 2 is 1.85 bits per heavy atom. The summed E-state index contributed by atoms with van der Waals surface area (Å²) in [5.41, 5.74) is 2.20. The van der Waals surface area contributed by atoms with Crippen LogP contribution in [0.5, 0.6) is 0 Å². The number of H-pyrrole nitrogens is 1. The topological polar surface area (TPSA) is 65.1 Å². The van der Waals surface area contributed by atoms with Crippen LogP contribution in [0.2, 0.25) is 0 Å². The van der Waals surface area contributed by atoms with Crippen molar-refractivity contribution in [3.05, 3.63) is 23.8 Å². The summed E-state index contributed by atoms with van der Waals surface area (Å²) in [6.07, 6.45) is 0. The molecule has 0 unspecified atom stereocenters. The molecule has 1 fully saturated rings. The van der Waals surface area contributed by atoms with Crippen molar-refractivity contribution in [1.82, 2.24) is 25.2 Å². The zero-order chi connectivity index (χ0) is 14.1. The summed E-state index contributed by atoms with van der Waals surface area (Å²) in [6.45, 7) is 7.83. The fraction of sp³-hybridized carbons (Fsp3) is 0.500. The van der Waals surface area contributed by atoms with Crippen molar-refractivity contribution in [2.45, 2.75) is 19.9 Å². The van der Waals surface area contributed by atoms with Gasteiger partial charge in [0.2, 0.25) is 0 Å². The Bertz CT molecular complexity index is 613. The molecule has 1 amide bonds. The number of carbonyl (C=O) groups is 1. The van der Waals surface area contributed by atoms with Gasteiger partial charge < -0.3 is 4.90 Å². The van der Waals surface area contributed by atoms with Crippen molar-refractivity contribution in [3.8, 4) is 0 Å². The Balaban J connectivity index is 1.73. The molecular formula is C14H19N5O. The monoisotopic (exact) mass is 273 g/mol. The van der Waals surface area contributed by atoms with Crippen molar-refractivity contribution in [2.75, 3.05) is 26.2 Å². The number of nitrogens with one attached hydrogen (secondary N) is 1. The average molecular weight is 273 g/mol. The van der Waals surface area contributed by atoms with Crippen molar-refractivity contribution in [2.24, 2.45) is 0 Å². The van der Waals surface area contributed by atoms with Crippen molar-refractivity contribution in [3.63, 3.8) is 0 Å². The third-order valence-electron chi connectivity index (χ3n) is 3.90. The van der Waals surface area contributed by atoms with Gasteiger partial charge in [-0.25, -0.2) is 0 Å². The van der Waals surface area contributed by atoms with E-state index in [1.165, 1.54) is 0 Å². The van der Waals surface area contributed by atoms with E-state index in [0.29, 0.717) is 11.6 Å². The first-order valence-electron chi connectivity index (χ1n) is 6.99. The van der Waals surface area contributed by atoms with E-state index in [2.05, 4.69) is 34.2 Å². The maximum atomic E-state index is 12.5. The molecule has 2 aromatic rings. The number of aromatic nitrogens is 3. The normalized spacial score (nSPS) is 17.1. The van der Waals surface area contributed by atoms with E-state index >= 15 is 0 Å². The molecule has 1 aliphatic rings. The van der Waals surface area contributed by atoms with E-state index in [4.69, 9.17) is 0 Å². The van der Waals surface area contributed by atoms with Gasteiger partial charge in [0.15, 0.2) is 0 Å². The number of carbonyl (C=O) groups excluding carboxylic acids is 1. The van der Waals surface area contributed by atoms with E-state index in [9.17, 15) is 4.79 Å². The van der Waals surface area contributed by atoms with E-state index in [1.54, 1.807) is 6.07 Å². The minimum atomic E-state index is 0.0818. The molecule has 6 heteroatoms. The second-order valence-electron chi connectivity index (χ2n) is 5.45. The first-order chi connectivity index (χ1) is 9.65. The highest BCUT2D eigenvalue weighted by molar-refractivity contribution is 5.97. The van der Waals surface area contributed by atoms with Crippen molar-refractivity contribution < 1.29 is 4.79 Å². The summed E-state index contributed by atoms with van der Waals surface area (Å²) in [5, 5.41) is 10.6. The number of aromatic amines is 1. The Kier molecular flexibility index (Phi) is 3.40. The molecule has 0 bridgehead atoms. The summed E-state index contributed by atoms with van der Waals surface area (Å²) in [7, 11) is 0. The number of piperazine rings is 1. The highest BCUT2D eigenvalue weighted by Gasteiger charge is 2.23. The minimum absolute atomic E-state index is 0.0818. The molecule has 2 heterocycles. The van der Waals surface area contributed by atoms with Crippen LogP contribution in [-0.2, 0) is 0 Å². The van der Waals surface area contributed by atoms with Crippen molar-refractivity contribution in [1.29, 1.82) is 0 Å². The lowest BCUT2D eigenvalue weighted by atomic mass is 10.1. The molecular weight excluding hydrogens is 254 g/mol. The molecule has 3 rings (SSSR count). The number of rotatable bonds is 2. The first-order valence-corrected chi connectivity index (χ1v) is 6.99. The highest BCUT2D eigenvalue weighted by Crippen LogP contribution is 2.14. The van der Waals surface area contributed by atoms with Crippen LogP contribution in [0.3, 0.4) is 0 Å².